The highest BCUT2D eigenvalue weighted by Gasteiger charge is 2.12. The predicted octanol–water partition coefficient (Wildman–Crippen LogP) is 6.96. The maximum atomic E-state index is 12.6. The number of anilines is 2. The molecule has 9 heteroatoms. The van der Waals surface area contributed by atoms with Gasteiger partial charge in [0.2, 0.25) is 5.91 Å². The van der Waals surface area contributed by atoms with Gasteiger partial charge in [-0.05, 0) is 59.3 Å². The third kappa shape index (κ3) is 6.39. The van der Waals surface area contributed by atoms with Crippen LogP contribution in [0.1, 0.15) is 10.4 Å². The molecule has 7 nitrogen and oxygen atoms in total. The molecule has 0 fully saturated rings. The molecule has 0 aliphatic heterocycles. The van der Waals surface area contributed by atoms with Gasteiger partial charge in [-0.15, -0.1) is 23.1 Å². The molecule has 0 aliphatic rings. The van der Waals surface area contributed by atoms with E-state index in [4.69, 9.17) is 9.47 Å². The lowest BCUT2D eigenvalue weighted by Gasteiger charge is -2.10. The molecule has 0 bridgehead atoms. The van der Waals surface area contributed by atoms with Crippen molar-refractivity contribution in [2.75, 3.05) is 30.6 Å². The molecule has 2 amide bonds. The largest absolute Gasteiger partial charge is 0.493 e. The predicted molar refractivity (Wildman–Crippen MR) is 158 cm³/mol. The third-order valence-electron chi connectivity index (χ3n) is 5.92. The van der Waals surface area contributed by atoms with Crippen molar-refractivity contribution < 1.29 is 19.1 Å². The summed E-state index contributed by atoms with van der Waals surface area (Å²) in [5, 5.41) is 10.6. The zero-order chi connectivity index (χ0) is 27.2. The minimum Gasteiger partial charge on any atom is -0.493 e. The van der Waals surface area contributed by atoms with Crippen molar-refractivity contribution in [2.24, 2.45) is 0 Å². The molecule has 0 unspecified atom stereocenters. The number of carbonyl (C=O) groups is 2. The van der Waals surface area contributed by atoms with E-state index in [1.54, 1.807) is 37.4 Å². The molecule has 1 heterocycles. The lowest BCUT2D eigenvalue weighted by Crippen LogP contribution is -2.13. The van der Waals surface area contributed by atoms with Crippen LogP contribution < -0.4 is 20.1 Å². The van der Waals surface area contributed by atoms with Crippen molar-refractivity contribution >= 4 is 56.5 Å². The quantitative estimate of drug-likeness (QED) is 0.191. The van der Waals surface area contributed by atoms with Gasteiger partial charge in [0.25, 0.3) is 5.91 Å². The molecule has 39 heavy (non-hydrogen) atoms. The van der Waals surface area contributed by atoms with Gasteiger partial charge in [0.1, 0.15) is 0 Å². The Morgan fingerprint density at radius 1 is 0.846 bits per heavy atom. The van der Waals surface area contributed by atoms with E-state index in [1.807, 2.05) is 35.7 Å². The molecule has 196 valence electrons. The Hall–Kier alpha value is -4.34. The number of aromatic nitrogens is 1. The number of ether oxygens (including phenoxy) is 2. The Labute approximate surface area is 234 Å². The fraction of sp³-hybridized carbons (Fsp3) is 0.100. The second-order valence-electron chi connectivity index (χ2n) is 8.48. The van der Waals surface area contributed by atoms with Crippen LogP contribution in [-0.4, -0.2) is 36.8 Å². The van der Waals surface area contributed by atoms with Crippen molar-refractivity contribution in [3.05, 3.63) is 95.9 Å². The lowest BCUT2D eigenvalue weighted by atomic mass is 10.1. The number of carbonyl (C=O) groups excluding carboxylic acids is 2. The number of thioether (sulfide) groups is 1. The van der Waals surface area contributed by atoms with Gasteiger partial charge in [-0.3, -0.25) is 9.59 Å². The summed E-state index contributed by atoms with van der Waals surface area (Å²) in [4.78, 5) is 30.7. The minimum absolute atomic E-state index is 0.134. The zero-order valence-electron chi connectivity index (χ0n) is 21.3. The first-order valence-electron chi connectivity index (χ1n) is 12.0. The van der Waals surface area contributed by atoms with Gasteiger partial charge in [-0.25, -0.2) is 4.98 Å². The molecule has 0 saturated carbocycles. The summed E-state index contributed by atoms with van der Waals surface area (Å²) >= 11 is 2.81. The number of fused-ring (bicyclic) bond motifs is 1. The van der Waals surface area contributed by atoms with Crippen LogP contribution in [0.2, 0.25) is 0 Å². The minimum atomic E-state index is -0.262. The highest BCUT2D eigenvalue weighted by atomic mass is 32.2. The second-order valence-corrected chi connectivity index (χ2v) is 10.4. The first-order chi connectivity index (χ1) is 19.0. The van der Waals surface area contributed by atoms with Gasteiger partial charge in [-0.2, -0.15) is 0 Å². The van der Waals surface area contributed by atoms with E-state index in [0.29, 0.717) is 27.9 Å². The SMILES string of the molecule is COc1ccc(C(=O)Nc2ccc(SCC(=O)Nc3nc(-c4ccc5ccccc5c4)cs3)cc2)cc1OC. The molecule has 0 spiro atoms. The van der Waals surface area contributed by atoms with Crippen molar-refractivity contribution in [1.82, 2.24) is 4.98 Å². The van der Waals surface area contributed by atoms with Gasteiger partial charge >= 0.3 is 0 Å². The average Bonchev–Trinajstić information content (AvgIpc) is 3.44. The van der Waals surface area contributed by atoms with E-state index in [1.165, 1.54) is 35.6 Å². The van der Waals surface area contributed by atoms with Gasteiger partial charge in [0.15, 0.2) is 16.6 Å². The van der Waals surface area contributed by atoms with Crippen molar-refractivity contribution in [3.63, 3.8) is 0 Å². The molecule has 1 aromatic heterocycles. The number of nitrogens with zero attached hydrogens (tertiary/aromatic N) is 1. The number of hydrogen-bond acceptors (Lipinski definition) is 7. The number of hydrogen-bond donors (Lipinski definition) is 2. The van der Waals surface area contributed by atoms with Crippen LogP contribution in [0.4, 0.5) is 10.8 Å². The van der Waals surface area contributed by atoms with E-state index in [-0.39, 0.29) is 17.6 Å². The zero-order valence-corrected chi connectivity index (χ0v) is 22.9. The third-order valence-corrected chi connectivity index (χ3v) is 7.69. The normalized spacial score (nSPS) is 10.7. The van der Waals surface area contributed by atoms with E-state index in [0.717, 1.165) is 21.5 Å². The smallest absolute Gasteiger partial charge is 0.255 e. The van der Waals surface area contributed by atoms with Gasteiger partial charge < -0.3 is 20.1 Å². The van der Waals surface area contributed by atoms with E-state index in [2.05, 4.69) is 39.9 Å². The Kier molecular flexibility index (Phi) is 8.10. The molecular formula is C30H25N3O4S2. The van der Waals surface area contributed by atoms with Gasteiger partial charge in [-0.1, -0.05) is 36.4 Å². The van der Waals surface area contributed by atoms with Crippen LogP contribution in [0.3, 0.4) is 0 Å². The molecule has 0 atom stereocenters. The molecule has 2 N–H and O–H groups in total. The number of benzene rings is 4. The topological polar surface area (TPSA) is 89.5 Å². The molecular weight excluding hydrogens is 530 g/mol. The monoisotopic (exact) mass is 555 g/mol. The number of rotatable bonds is 9. The second kappa shape index (κ2) is 12.0. The molecule has 0 aliphatic carbocycles. The molecule has 4 aromatic carbocycles. The van der Waals surface area contributed by atoms with Crippen LogP contribution in [0.25, 0.3) is 22.0 Å². The number of thiazole rings is 1. The molecule has 0 radical (unpaired) electrons. The van der Waals surface area contributed by atoms with Gasteiger partial charge in [0, 0.05) is 27.1 Å². The van der Waals surface area contributed by atoms with Crippen molar-refractivity contribution in [2.45, 2.75) is 4.90 Å². The van der Waals surface area contributed by atoms with Gasteiger partial charge in [0.05, 0.1) is 25.7 Å². The maximum absolute atomic E-state index is 12.6. The first-order valence-corrected chi connectivity index (χ1v) is 13.9. The van der Waals surface area contributed by atoms with Crippen molar-refractivity contribution in [1.29, 1.82) is 0 Å². The standard InChI is InChI=1S/C30H25N3O4S2/c1-36-26-14-9-22(16-27(26)37-2)29(35)31-23-10-12-24(13-11-23)38-18-28(34)33-30-32-25(17-39-30)21-8-7-19-5-3-4-6-20(19)15-21/h3-17H,18H2,1-2H3,(H,31,35)(H,32,33,34). The summed E-state index contributed by atoms with van der Waals surface area (Å²) in [6.45, 7) is 0. The van der Waals surface area contributed by atoms with Crippen LogP contribution in [-0.2, 0) is 4.79 Å². The van der Waals surface area contributed by atoms with Crippen LogP contribution in [0.5, 0.6) is 11.5 Å². The highest BCUT2D eigenvalue weighted by Crippen LogP contribution is 2.29. The Morgan fingerprint density at radius 3 is 2.38 bits per heavy atom. The number of amides is 2. The maximum Gasteiger partial charge on any atom is 0.255 e. The molecule has 5 aromatic rings. The summed E-state index contributed by atoms with van der Waals surface area (Å²) < 4.78 is 10.5. The molecule has 5 rings (SSSR count). The Bertz CT molecular complexity index is 1630. The lowest BCUT2D eigenvalue weighted by molar-refractivity contribution is -0.113. The Balaban J connectivity index is 1.13. The van der Waals surface area contributed by atoms with E-state index in [9.17, 15) is 9.59 Å². The summed E-state index contributed by atoms with van der Waals surface area (Å²) in [6.07, 6.45) is 0. The summed E-state index contributed by atoms with van der Waals surface area (Å²) in [6, 6.07) is 26.7. The highest BCUT2D eigenvalue weighted by molar-refractivity contribution is 8.00. The first kappa shape index (κ1) is 26.3. The van der Waals surface area contributed by atoms with Crippen LogP contribution in [0.15, 0.2) is 95.2 Å². The fourth-order valence-corrected chi connectivity index (χ4v) is 5.37. The summed E-state index contributed by atoms with van der Waals surface area (Å²) in [7, 11) is 3.07. The number of methoxy groups -OCH3 is 2. The van der Waals surface area contributed by atoms with Crippen LogP contribution in [0, 0.1) is 0 Å². The average molecular weight is 556 g/mol. The summed E-state index contributed by atoms with van der Waals surface area (Å²) in [5.74, 6) is 0.882. The molecule has 0 saturated heterocycles. The van der Waals surface area contributed by atoms with E-state index >= 15 is 0 Å². The summed E-state index contributed by atoms with van der Waals surface area (Å²) in [5.41, 5.74) is 2.94. The van der Waals surface area contributed by atoms with Crippen molar-refractivity contribution in [3.8, 4) is 22.8 Å². The van der Waals surface area contributed by atoms with E-state index < -0.39 is 0 Å². The Morgan fingerprint density at radius 2 is 1.62 bits per heavy atom. The number of nitrogens with one attached hydrogen (secondary N) is 2. The fourth-order valence-electron chi connectivity index (χ4n) is 3.93. The van der Waals surface area contributed by atoms with Crippen LogP contribution >= 0.6 is 23.1 Å².